The van der Waals surface area contributed by atoms with Gasteiger partial charge in [-0.3, -0.25) is 4.79 Å². The minimum atomic E-state index is -0.410. The molecule has 1 aliphatic heterocycles. The summed E-state index contributed by atoms with van der Waals surface area (Å²) in [4.78, 5) is 11.3. The van der Waals surface area contributed by atoms with Gasteiger partial charge in [-0.05, 0) is 6.07 Å². The van der Waals surface area contributed by atoms with Crippen molar-refractivity contribution in [1.82, 2.24) is 0 Å². The van der Waals surface area contributed by atoms with E-state index in [9.17, 15) is 9.90 Å². The smallest absolute Gasteiger partial charge is 0.290 e. The van der Waals surface area contributed by atoms with E-state index in [0.29, 0.717) is 22.7 Å². The molecule has 0 aromatic heterocycles. The molecule has 0 saturated heterocycles. The number of carbonyl (C=O) groups excluding carboxylic acids is 1. The van der Waals surface area contributed by atoms with Crippen LogP contribution in [0.3, 0.4) is 0 Å². The molecule has 0 spiro atoms. The maximum atomic E-state index is 11.3. The number of rotatable bonds is 2. The molecule has 1 amide bonds. The van der Waals surface area contributed by atoms with Crippen molar-refractivity contribution in [2.45, 2.75) is 6.61 Å². The van der Waals surface area contributed by atoms with Crippen LogP contribution in [-0.4, -0.2) is 18.1 Å². The molecular formula is C11H11NO4. The second-order valence-corrected chi connectivity index (χ2v) is 3.30. The van der Waals surface area contributed by atoms with Crippen LogP contribution in [0.2, 0.25) is 0 Å². The molecule has 1 aromatic carbocycles. The molecule has 0 saturated carbocycles. The highest BCUT2D eigenvalue weighted by Gasteiger charge is 2.23. The molecule has 0 bridgehead atoms. The number of methoxy groups -OCH3 is 1. The summed E-state index contributed by atoms with van der Waals surface area (Å²) in [5.41, 5.74) is 0.996. The normalized spacial score (nSPS) is 13.9. The number of nitrogens with one attached hydrogen (secondary N) is 1. The summed E-state index contributed by atoms with van der Waals surface area (Å²) in [6.45, 7) is 3.25. The van der Waals surface area contributed by atoms with Crippen molar-refractivity contribution in [3.8, 4) is 11.5 Å². The summed E-state index contributed by atoms with van der Waals surface area (Å²) >= 11 is 0. The van der Waals surface area contributed by atoms with E-state index in [1.165, 1.54) is 7.11 Å². The van der Waals surface area contributed by atoms with Gasteiger partial charge in [0.2, 0.25) is 0 Å². The van der Waals surface area contributed by atoms with Crippen LogP contribution in [0, 0.1) is 0 Å². The number of amides is 1. The van der Waals surface area contributed by atoms with E-state index in [0.717, 1.165) is 0 Å². The van der Waals surface area contributed by atoms with Crippen molar-refractivity contribution in [3.63, 3.8) is 0 Å². The summed E-state index contributed by atoms with van der Waals surface area (Å²) in [7, 11) is 1.51. The lowest BCUT2D eigenvalue weighted by atomic mass is 10.1. The number of hydrogen-bond donors (Lipinski definition) is 2. The summed E-state index contributed by atoms with van der Waals surface area (Å²) in [5, 5.41) is 11.8. The van der Waals surface area contributed by atoms with Gasteiger partial charge >= 0.3 is 0 Å². The molecule has 0 aliphatic carbocycles. The molecule has 1 heterocycles. The number of carbonyl (C=O) groups is 1. The van der Waals surface area contributed by atoms with Crippen LogP contribution in [0.15, 0.2) is 24.5 Å². The first-order valence-corrected chi connectivity index (χ1v) is 4.65. The number of aliphatic hydroxyl groups is 1. The van der Waals surface area contributed by atoms with Gasteiger partial charge < -0.3 is 19.9 Å². The lowest BCUT2D eigenvalue weighted by Gasteiger charge is -2.22. The highest BCUT2D eigenvalue weighted by Crippen LogP contribution is 2.37. The molecule has 0 unspecified atom stereocenters. The Morgan fingerprint density at radius 2 is 2.31 bits per heavy atom. The number of hydrogen-bond acceptors (Lipinski definition) is 4. The van der Waals surface area contributed by atoms with Gasteiger partial charge in [-0.2, -0.15) is 0 Å². The van der Waals surface area contributed by atoms with Gasteiger partial charge in [-0.25, -0.2) is 0 Å². The standard InChI is InChI=1S/C11H11NO4/c1-6-11(14)12-10-7(5-13)3-8(15-2)4-9(10)16-6/h3-4,13H,1,5H2,2H3,(H,12,14). The lowest BCUT2D eigenvalue weighted by molar-refractivity contribution is -0.115. The van der Waals surface area contributed by atoms with Crippen molar-refractivity contribution < 1.29 is 19.4 Å². The summed E-state index contributed by atoms with van der Waals surface area (Å²) < 4.78 is 10.3. The minimum Gasteiger partial charge on any atom is -0.497 e. The Balaban J connectivity index is 2.54. The molecule has 2 N–H and O–H groups in total. The fraction of sp³-hybridized carbons (Fsp3) is 0.182. The molecule has 2 rings (SSSR count). The van der Waals surface area contributed by atoms with Gasteiger partial charge in [0, 0.05) is 11.6 Å². The van der Waals surface area contributed by atoms with Crippen LogP contribution in [-0.2, 0) is 11.4 Å². The average Bonchev–Trinajstić information content (AvgIpc) is 2.29. The lowest BCUT2D eigenvalue weighted by Crippen LogP contribution is -2.23. The van der Waals surface area contributed by atoms with Gasteiger partial charge in [0.15, 0.2) is 11.5 Å². The van der Waals surface area contributed by atoms with Crippen molar-refractivity contribution >= 4 is 11.6 Å². The first-order valence-electron chi connectivity index (χ1n) is 4.65. The third-order valence-corrected chi connectivity index (χ3v) is 2.29. The first kappa shape index (κ1) is 10.5. The molecular weight excluding hydrogens is 210 g/mol. The Bertz CT molecular complexity index is 467. The number of anilines is 1. The van der Waals surface area contributed by atoms with Crippen LogP contribution in [0.4, 0.5) is 5.69 Å². The zero-order valence-corrected chi connectivity index (χ0v) is 8.74. The molecule has 16 heavy (non-hydrogen) atoms. The number of ether oxygens (including phenoxy) is 2. The highest BCUT2D eigenvalue weighted by molar-refractivity contribution is 6.05. The van der Waals surface area contributed by atoms with Gasteiger partial charge in [0.1, 0.15) is 5.75 Å². The summed E-state index contributed by atoms with van der Waals surface area (Å²) in [6.07, 6.45) is 0. The molecule has 0 radical (unpaired) electrons. The Hall–Kier alpha value is -2.01. The van der Waals surface area contributed by atoms with Gasteiger partial charge in [-0.1, -0.05) is 6.58 Å². The SMILES string of the molecule is C=C1Oc2cc(OC)cc(CO)c2NC1=O. The van der Waals surface area contributed by atoms with Crippen LogP contribution in [0.25, 0.3) is 0 Å². The number of aliphatic hydroxyl groups excluding tert-OH is 1. The van der Waals surface area contributed by atoms with Gasteiger partial charge in [0.05, 0.1) is 19.4 Å². The Labute approximate surface area is 92.3 Å². The van der Waals surface area contributed by atoms with Crippen LogP contribution >= 0.6 is 0 Å². The maximum Gasteiger partial charge on any atom is 0.290 e. The molecule has 1 aliphatic rings. The maximum absolute atomic E-state index is 11.3. The van der Waals surface area contributed by atoms with Crippen molar-refractivity contribution in [2.75, 3.05) is 12.4 Å². The second kappa shape index (κ2) is 3.86. The minimum absolute atomic E-state index is 0.0182. The fourth-order valence-corrected chi connectivity index (χ4v) is 1.47. The highest BCUT2D eigenvalue weighted by atomic mass is 16.5. The number of fused-ring (bicyclic) bond motifs is 1. The summed E-state index contributed by atoms with van der Waals surface area (Å²) in [5.74, 6) is 0.580. The van der Waals surface area contributed by atoms with E-state index in [1.54, 1.807) is 12.1 Å². The monoisotopic (exact) mass is 221 g/mol. The topological polar surface area (TPSA) is 67.8 Å². The molecule has 0 fully saturated rings. The first-order chi connectivity index (χ1) is 7.65. The Morgan fingerprint density at radius 1 is 1.56 bits per heavy atom. The van der Waals surface area contributed by atoms with E-state index in [-0.39, 0.29) is 12.4 Å². The van der Waals surface area contributed by atoms with E-state index < -0.39 is 5.91 Å². The third-order valence-electron chi connectivity index (χ3n) is 2.29. The van der Waals surface area contributed by atoms with Gasteiger partial charge in [0.25, 0.3) is 5.91 Å². The number of benzene rings is 1. The average molecular weight is 221 g/mol. The Morgan fingerprint density at radius 3 is 2.94 bits per heavy atom. The van der Waals surface area contributed by atoms with E-state index >= 15 is 0 Å². The van der Waals surface area contributed by atoms with Crippen LogP contribution in [0.5, 0.6) is 11.5 Å². The second-order valence-electron chi connectivity index (χ2n) is 3.30. The Kier molecular flexibility index (Phi) is 2.54. The molecule has 1 aromatic rings. The third kappa shape index (κ3) is 1.61. The van der Waals surface area contributed by atoms with Crippen LogP contribution in [0.1, 0.15) is 5.56 Å². The van der Waals surface area contributed by atoms with Gasteiger partial charge in [-0.15, -0.1) is 0 Å². The molecule has 5 nitrogen and oxygen atoms in total. The summed E-state index contributed by atoms with van der Waals surface area (Å²) in [6, 6.07) is 3.26. The quantitative estimate of drug-likeness (QED) is 0.732. The fourth-order valence-electron chi connectivity index (χ4n) is 1.47. The van der Waals surface area contributed by atoms with Crippen molar-refractivity contribution in [1.29, 1.82) is 0 Å². The van der Waals surface area contributed by atoms with Crippen molar-refractivity contribution in [3.05, 3.63) is 30.0 Å². The zero-order valence-electron chi connectivity index (χ0n) is 8.74. The largest absolute Gasteiger partial charge is 0.497 e. The molecule has 5 heteroatoms. The van der Waals surface area contributed by atoms with Crippen LogP contribution < -0.4 is 14.8 Å². The molecule has 0 atom stereocenters. The van der Waals surface area contributed by atoms with E-state index in [1.807, 2.05) is 0 Å². The predicted molar refractivity (Wildman–Crippen MR) is 57.3 cm³/mol. The van der Waals surface area contributed by atoms with Crippen molar-refractivity contribution in [2.24, 2.45) is 0 Å². The van der Waals surface area contributed by atoms with E-state index in [2.05, 4.69) is 11.9 Å². The molecule has 84 valence electrons. The van der Waals surface area contributed by atoms with E-state index in [4.69, 9.17) is 9.47 Å². The zero-order chi connectivity index (χ0) is 11.7. The predicted octanol–water partition coefficient (Wildman–Crippen LogP) is 1.03.